The molecule has 5 atom stereocenters. The topological polar surface area (TPSA) is 189 Å². The molecule has 0 N–H and O–H groups in total. The molecule has 1 saturated heterocycles. The highest BCUT2D eigenvalue weighted by Crippen LogP contribution is 2.37. The van der Waals surface area contributed by atoms with Gasteiger partial charge in [0.15, 0.2) is 18.0 Å². The van der Waals surface area contributed by atoms with Crippen molar-refractivity contribution in [1.29, 1.82) is 0 Å². The van der Waals surface area contributed by atoms with Crippen molar-refractivity contribution in [2.24, 2.45) is 0 Å². The third kappa shape index (κ3) is 12.9. The molecule has 1 aromatic heterocycles. The first-order valence-corrected chi connectivity index (χ1v) is 17.2. The normalized spacial score (nSPS) is 19.8. The van der Waals surface area contributed by atoms with E-state index in [-0.39, 0.29) is 29.4 Å². The molecule has 1 aliphatic rings. The van der Waals surface area contributed by atoms with Crippen molar-refractivity contribution in [3.8, 4) is 17.2 Å². The van der Waals surface area contributed by atoms with Gasteiger partial charge in [0, 0.05) is 40.7 Å². The van der Waals surface area contributed by atoms with E-state index in [4.69, 9.17) is 42.3 Å². The van der Waals surface area contributed by atoms with Crippen molar-refractivity contribution < 1.29 is 66.3 Å². The Morgan fingerprint density at radius 3 is 1.86 bits per heavy atom. The number of rotatable bonds is 19. The number of benzene rings is 1. The third-order valence-electron chi connectivity index (χ3n) is 7.73. The van der Waals surface area contributed by atoms with E-state index in [1.54, 1.807) is 0 Å². The number of fused-ring (bicyclic) bond motifs is 1. The highest BCUT2D eigenvalue weighted by Gasteiger charge is 2.53. The van der Waals surface area contributed by atoms with Crippen LogP contribution in [0.3, 0.4) is 0 Å². The molecule has 51 heavy (non-hydrogen) atoms. The molecule has 282 valence electrons. The molecule has 0 saturated carbocycles. The number of hydrogen-bond donors (Lipinski definition) is 0. The highest BCUT2D eigenvalue weighted by atomic mass is 16.7. The van der Waals surface area contributed by atoms with Crippen molar-refractivity contribution in [3.63, 3.8) is 0 Å². The van der Waals surface area contributed by atoms with Crippen LogP contribution in [0.25, 0.3) is 11.0 Å². The van der Waals surface area contributed by atoms with Crippen molar-refractivity contribution in [3.05, 3.63) is 28.6 Å². The zero-order valence-corrected chi connectivity index (χ0v) is 30.0. The van der Waals surface area contributed by atoms with Gasteiger partial charge in [0.05, 0.1) is 12.0 Å². The Kier molecular flexibility index (Phi) is 16.2. The second-order valence-electron chi connectivity index (χ2n) is 12.2. The average Bonchev–Trinajstić information content (AvgIpc) is 3.04. The van der Waals surface area contributed by atoms with Crippen LogP contribution in [0.15, 0.2) is 27.4 Å². The predicted molar refractivity (Wildman–Crippen MR) is 179 cm³/mol. The molecular formula is C36H48O15. The maximum atomic E-state index is 13.0. The zero-order chi connectivity index (χ0) is 37.5. The van der Waals surface area contributed by atoms with Gasteiger partial charge >= 0.3 is 35.5 Å². The summed E-state index contributed by atoms with van der Waals surface area (Å²) in [6.45, 7) is 7.63. The number of carbonyl (C=O) groups is 5. The minimum atomic E-state index is -1.52. The van der Waals surface area contributed by atoms with E-state index < -0.39 is 72.8 Å². The summed E-state index contributed by atoms with van der Waals surface area (Å²) in [5.74, 6) is -4.11. The number of esters is 5. The Morgan fingerprint density at radius 1 is 0.686 bits per heavy atom. The van der Waals surface area contributed by atoms with Gasteiger partial charge in [-0.15, -0.1) is 0 Å². The lowest BCUT2D eigenvalue weighted by molar-refractivity contribution is -0.288. The number of hydrogen-bond acceptors (Lipinski definition) is 15. The minimum Gasteiger partial charge on any atom is -0.489 e. The van der Waals surface area contributed by atoms with E-state index in [2.05, 4.69) is 6.92 Å². The molecule has 2 aromatic rings. The van der Waals surface area contributed by atoms with Gasteiger partial charge in [-0.25, -0.2) is 4.79 Å². The second kappa shape index (κ2) is 20.3. The second-order valence-corrected chi connectivity index (χ2v) is 12.2. The van der Waals surface area contributed by atoms with Gasteiger partial charge < -0.3 is 42.3 Å². The molecule has 1 aromatic carbocycles. The van der Waals surface area contributed by atoms with Gasteiger partial charge in [0.1, 0.15) is 24.0 Å². The Morgan fingerprint density at radius 2 is 1.27 bits per heavy atom. The standard InChI is InChI=1S/C36H48O15/c1-7-8-9-10-11-12-13-14-15-18-43-30-27-17-16-26(19-28(27)50-35(42)33(30)47-24(5)40)49-36-34(48-25(6)41)32(46-23(4)39)31(45-22(3)38)29(51-36)20-44-21(2)37/h16-17,19,29,31-32,34,36H,7-15,18,20H2,1-6H3/t29-,31+,32+,34-,36-/m1/s1. The summed E-state index contributed by atoms with van der Waals surface area (Å²) in [5.41, 5.74) is -0.967. The molecule has 0 radical (unpaired) electrons. The first-order chi connectivity index (χ1) is 24.3. The molecular weight excluding hydrogens is 672 g/mol. The van der Waals surface area contributed by atoms with Crippen LogP contribution in [0, 0.1) is 0 Å². The molecule has 15 nitrogen and oxygen atoms in total. The minimum absolute atomic E-state index is 0.00103. The van der Waals surface area contributed by atoms with Crippen molar-refractivity contribution in [1.82, 2.24) is 0 Å². The number of ether oxygens (including phenoxy) is 8. The van der Waals surface area contributed by atoms with Gasteiger partial charge in [-0.1, -0.05) is 58.3 Å². The zero-order valence-electron chi connectivity index (χ0n) is 30.0. The molecule has 0 bridgehead atoms. The van der Waals surface area contributed by atoms with Gasteiger partial charge in [-0.3, -0.25) is 24.0 Å². The lowest BCUT2D eigenvalue weighted by atomic mass is 9.98. The van der Waals surface area contributed by atoms with Crippen LogP contribution in [-0.4, -0.2) is 73.8 Å². The maximum absolute atomic E-state index is 13.0. The van der Waals surface area contributed by atoms with Crippen LogP contribution in [0.4, 0.5) is 0 Å². The molecule has 2 heterocycles. The number of carbonyl (C=O) groups excluding carboxylic acids is 5. The van der Waals surface area contributed by atoms with E-state index in [1.807, 2.05) is 0 Å². The summed E-state index contributed by atoms with van der Waals surface area (Å²) in [5, 5.41) is 0.302. The average molecular weight is 721 g/mol. The predicted octanol–water partition coefficient (Wildman–Crippen LogP) is 5.09. The third-order valence-corrected chi connectivity index (χ3v) is 7.73. The van der Waals surface area contributed by atoms with E-state index in [0.717, 1.165) is 53.9 Å². The summed E-state index contributed by atoms with van der Waals surface area (Å²) in [6, 6.07) is 4.32. The molecule has 1 aliphatic heterocycles. The fourth-order valence-electron chi connectivity index (χ4n) is 5.59. The molecule has 1 fully saturated rings. The maximum Gasteiger partial charge on any atom is 0.383 e. The quantitative estimate of drug-likeness (QED) is 0.0807. The lowest BCUT2D eigenvalue weighted by Crippen LogP contribution is -2.63. The van der Waals surface area contributed by atoms with Gasteiger partial charge in [-0.05, 0) is 18.6 Å². The Labute approximate surface area is 296 Å². The Hall–Kier alpha value is -4.66. The van der Waals surface area contributed by atoms with E-state index in [0.29, 0.717) is 11.8 Å². The van der Waals surface area contributed by atoms with Crippen molar-refractivity contribution >= 4 is 40.8 Å². The van der Waals surface area contributed by atoms with Crippen molar-refractivity contribution in [2.75, 3.05) is 13.2 Å². The van der Waals surface area contributed by atoms with Crippen molar-refractivity contribution in [2.45, 2.75) is 130 Å². The molecule has 0 unspecified atom stereocenters. The lowest BCUT2D eigenvalue weighted by Gasteiger charge is -2.43. The van der Waals surface area contributed by atoms with Gasteiger partial charge in [0.25, 0.3) is 5.75 Å². The largest absolute Gasteiger partial charge is 0.489 e. The molecule has 0 spiro atoms. The Bertz CT molecular complexity index is 1560. The fraction of sp³-hybridized carbons (Fsp3) is 0.611. The van der Waals surface area contributed by atoms with E-state index in [9.17, 15) is 28.8 Å². The Balaban J connectivity index is 1.90. The van der Waals surface area contributed by atoms with Crippen LogP contribution in [0.1, 0.15) is 99.3 Å². The monoisotopic (exact) mass is 720 g/mol. The van der Waals surface area contributed by atoms with Crippen LogP contribution in [0.5, 0.6) is 17.2 Å². The summed E-state index contributed by atoms with van der Waals surface area (Å²) >= 11 is 0. The van der Waals surface area contributed by atoms with Crippen LogP contribution in [-0.2, 0) is 47.7 Å². The summed E-state index contributed by atoms with van der Waals surface area (Å²) in [7, 11) is 0. The summed E-state index contributed by atoms with van der Waals surface area (Å²) in [6.07, 6.45) is 2.88. The SMILES string of the molecule is CCCCCCCCCCCOc1c(OC(C)=O)c(=O)oc2cc(O[C@@H]3O[C@H](COC(C)=O)[C@H](OC(C)=O)[C@H](OC(C)=O)[C@H]3OC(C)=O)ccc12. The van der Waals surface area contributed by atoms with Crippen LogP contribution < -0.4 is 19.8 Å². The fourth-order valence-corrected chi connectivity index (χ4v) is 5.59. The number of unbranched alkanes of at least 4 members (excludes halogenated alkanes) is 8. The molecule has 0 aliphatic carbocycles. The van der Waals surface area contributed by atoms with Gasteiger partial charge in [-0.2, -0.15) is 0 Å². The van der Waals surface area contributed by atoms with Gasteiger partial charge in [0.2, 0.25) is 12.4 Å². The first-order valence-electron chi connectivity index (χ1n) is 17.2. The first kappa shape index (κ1) is 40.8. The van der Waals surface area contributed by atoms with Crippen LogP contribution >= 0.6 is 0 Å². The van der Waals surface area contributed by atoms with Crippen LogP contribution in [0.2, 0.25) is 0 Å². The molecule has 0 amide bonds. The highest BCUT2D eigenvalue weighted by molar-refractivity contribution is 5.87. The smallest absolute Gasteiger partial charge is 0.383 e. The summed E-state index contributed by atoms with van der Waals surface area (Å²) < 4.78 is 50.1. The molecule has 3 rings (SSSR count). The van der Waals surface area contributed by atoms with E-state index >= 15 is 0 Å². The summed E-state index contributed by atoms with van der Waals surface area (Å²) in [4.78, 5) is 72.8. The molecule has 15 heteroatoms. The van der Waals surface area contributed by atoms with E-state index in [1.165, 1.54) is 50.3 Å².